The molecule has 3 saturated heterocycles. The number of carbonyl (C=O) groups excluding carboxylic acids is 4. The first kappa shape index (κ1) is 53.9. The van der Waals surface area contributed by atoms with E-state index in [4.69, 9.17) is 31.3 Å². The molecule has 15 nitrogen and oxygen atoms in total. The average molecular weight is 1120 g/mol. The van der Waals surface area contributed by atoms with Crippen LogP contribution >= 0.6 is 22.9 Å². The highest BCUT2D eigenvalue weighted by atomic mass is 35.5. The van der Waals surface area contributed by atoms with Gasteiger partial charge < -0.3 is 35.1 Å². The fourth-order valence-corrected chi connectivity index (χ4v) is 12.7. The third kappa shape index (κ3) is 10.3. The van der Waals surface area contributed by atoms with Crippen LogP contribution in [-0.4, -0.2) is 105 Å². The smallest absolute Gasteiger partial charge is 0.410 e. The highest BCUT2D eigenvalue weighted by Gasteiger charge is 2.54. The van der Waals surface area contributed by atoms with Gasteiger partial charge in [-0.1, -0.05) is 223 Å². The van der Waals surface area contributed by atoms with Crippen LogP contribution < -0.4 is 10.6 Å². The molecule has 4 aliphatic rings. The molecule has 7 aromatic rings. The number of aliphatic carboxylic acids is 1. The van der Waals surface area contributed by atoms with Crippen LogP contribution in [0.5, 0.6) is 0 Å². The summed E-state index contributed by atoms with van der Waals surface area (Å²) in [4.78, 5) is 85.9. The van der Waals surface area contributed by atoms with E-state index in [2.05, 4.69) is 17.2 Å². The van der Waals surface area contributed by atoms with Crippen LogP contribution in [0, 0.1) is 0 Å². The summed E-state index contributed by atoms with van der Waals surface area (Å²) in [7, 11) is 0. The van der Waals surface area contributed by atoms with Gasteiger partial charge in [-0.2, -0.15) is 0 Å². The number of allylic oxidation sites excluding steroid dienone is 2. The Hall–Kier alpha value is -9.12. The second-order valence-corrected chi connectivity index (χ2v) is 21.6. The molecule has 408 valence electrons. The van der Waals surface area contributed by atoms with Gasteiger partial charge in [-0.05, 0) is 54.0 Å². The average Bonchev–Trinajstić information content (AvgIpc) is 4.29. The second-order valence-electron chi connectivity index (χ2n) is 20.0. The molecule has 5 heterocycles. The minimum Gasteiger partial charge on any atom is -0.477 e. The molecular formula is C64H56ClN7O8S. The molecule has 17 heteroatoms. The Bertz CT molecular complexity index is 3390. The number of halogens is 1. The summed E-state index contributed by atoms with van der Waals surface area (Å²) in [6.07, 6.45) is 3.99. The van der Waals surface area contributed by atoms with Gasteiger partial charge in [-0.25, -0.2) is 14.6 Å². The zero-order valence-corrected chi connectivity index (χ0v) is 45.5. The number of likely N-dealkylation sites (tertiary alicyclic amines) is 2. The van der Waals surface area contributed by atoms with Gasteiger partial charge in [0, 0.05) is 41.9 Å². The van der Waals surface area contributed by atoms with Crippen LogP contribution in [-0.2, 0) is 39.9 Å². The number of anilines is 1. The summed E-state index contributed by atoms with van der Waals surface area (Å²) < 4.78 is 5.29. The van der Waals surface area contributed by atoms with Crippen molar-refractivity contribution in [3.8, 4) is 0 Å². The minimum atomic E-state index is -1.45. The largest absolute Gasteiger partial charge is 0.477 e. The number of amides is 4. The van der Waals surface area contributed by atoms with Gasteiger partial charge in [0.25, 0.3) is 11.8 Å². The number of thiazole rings is 1. The van der Waals surface area contributed by atoms with Crippen molar-refractivity contribution in [1.82, 2.24) is 25.0 Å². The topological polar surface area (TPSA) is 183 Å². The molecule has 0 radical (unpaired) electrons. The molecule has 2 unspecified atom stereocenters. The van der Waals surface area contributed by atoms with E-state index < -0.39 is 47.1 Å². The fourth-order valence-electron chi connectivity index (χ4n) is 11.6. The molecule has 81 heavy (non-hydrogen) atoms. The summed E-state index contributed by atoms with van der Waals surface area (Å²) in [5.41, 5.74) is 2.40. The first-order valence-electron chi connectivity index (χ1n) is 26.7. The standard InChI is InChI=1S/C64H56ClN7O8S/c1-2-39-79-62(78)70-37-36-50(41-70)71-38-35-43(58(71)74)40-42-33-34-51-52(59(75)72(51)55(42)60(76)77)66-57(73)54(69-80-64(47-27-15-6-16-28-47,48-29-17-7-18-30-48)49-31-19-8-20-32-49)53-56(65)81-61(67-53)68-63(44-21-9-3-10-22-44,45-23-11-4-12-24-45)46-25-13-5-14-26-46/h2-32,40,50-52H,1,33-39,41H2,(H,66,73)(H,67,68)(H,76,77)/b43-40+,69-54-/t50-,51?,52?/m1/s1. The number of aromatic nitrogens is 1. The van der Waals surface area contributed by atoms with E-state index in [9.17, 15) is 24.3 Å². The summed E-state index contributed by atoms with van der Waals surface area (Å²) in [5.74, 6) is -3.11. The lowest BCUT2D eigenvalue weighted by Crippen LogP contribution is -2.72. The number of rotatable bonds is 18. The number of hydrogen-bond donors (Lipinski definition) is 3. The monoisotopic (exact) mass is 1120 g/mol. The predicted octanol–water partition coefficient (Wildman–Crippen LogP) is 10.3. The first-order chi connectivity index (χ1) is 39.5. The fraction of sp³-hybridized carbons (Fsp3) is 0.203. The number of carbonyl (C=O) groups is 5. The summed E-state index contributed by atoms with van der Waals surface area (Å²) in [6, 6.07) is 56.2. The SMILES string of the molecule is C=CCOC(=O)N1CC[C@@H](N2CC/C(=C\C3=C(C(=O)O)N4C(=O)C(NC(=O)/C(=N\OC(c5ccccc5)(c5ccccc5)c5ccccc5)c5nc(NC(c6ccccc6)(c6ccccc6)c6ccccc6)sc5Cl)C4CC3)C2=O)C1. The molecule has 4 aliphatic heterocycles. The highest BCUT2D eigenvalue weighted by molar-refractivity contribution is 7.20. The number of carboxylic acid groups (broad SMARTS) is 1. The minimum absolute atomic E-state index is 0.0339. The first-order valence-corrected chi connectivity index (χ1v) is 27.9. The Morgan fingerprint density at radius 2 is 1.26 bits per heavy atom. The molecule has 4 amide bonds. The van der Waals surface area contributed by atoms with E-state index in [1.807, 2.05) is 182 Å². The Morgan fingerprint density at radius 1 is 0.741 bits per heavy atom. The molecule has 0 bridgehead atoms. The number of nitrogens with one attached hydrogen (secondary N) is 2. The van der Waals surface area contributed by atoms with Gasteiger partial charge >= 0.3 is 12.1 Å². The van der Waals surface area contributed by atoms with Crippen LogP contribution in [0.25, 0.3) is 0 Å². The highest BCUT2D eigenvalue weighted by Crippen LogP contribution is 2.45. The van der Waals surface area contributed by atoms with Crippen molar-refractivity contribution in [3.05, 3.63) is 261 Å². The van der Waals surface area contributed by atoms with Crippen molar-refractivity contribution >= 4 is 63.6 Å². The predicted molar refractivity (Wildman–Crippen MR) is 309 cm³/mol. The Kier molecular flexibility index (Phi) is 15.5. The molecule has 3 N–H and O–H groups in total. The Morgan fingerprint density at radius 3 is 1.77 bits per heavy atom. The van der Waals surface area contributed by atoms with Gasteiger partial charge in [0.15, 0.2) is 10.8 Å². The van der Waals surface area contributed by atoms with Crippen molar-refractivity contribution in [1.29, 1.82) is 0 Å². The number of hydrogen-bond acceptors (Lipinski definition) is 11. The van der Waals surface area contributed by atoms with Crippen LogP contribution in [0.2, 0.25) is 4.34 Å². The Labute approximate surface area is 477 Å². The van der Waals surface area contributed by atoms with E-state index in [-0.39, 0.29) is 52.8 Å². The lowest BCUT2D eigenvalue weighted by molar-refractivity contribution is -0.155. The zero-order valence-electron chi connectivity index (χ0n) is 43.9. The maximum atomic E-state index is 15.4. The second kappa shape index (κ2) is 23.3. The Balaban J connectivity index is 0.951. The summed E-state index contributed by atoms with van der Waals surface area (Å²) in [6.45, 7) is 4.80. The van der Waals surface area contributed by atoms with Gasteiger partial charge in [0.1, 0.15) is 33.9 Å². The lowest BCUT2D eigenvalue weighted by atomic mass is 9.77. The summed E-state index contributed by atoms with van der Waals surface area (Å²) >= 11 is 8.41. The van der Waals surface area contributed by atoms with Crippen LogP contribution in [0.4, 0.5) is 9.93 Å². The van der Waals surface area contributed by atoms with E-state index in [1.54, 1.807) is 15.9 Å². The van der Waals surface area contributed by atoms with Gasteiger partial charge in [0.05, 0.1) is 12.1 Å². The number of carboxylic acids is 1. The lowest BCUT2D eigenvalue weighted by Gasteiger charge is -2.50. The molecule has 0 aliphatic carbocycles. The van der Waals surface area contributed by atoms with Crippen LogP contribution in [0.1, 0.15) is 64.8 Å². The van der Waals surface area contributed by atoms with Gasteiger partial charge in [-0.3, -0.25) is 19.3 Å². The molecule has 1 aromatic heterocycles. The number of ether oxygens (including phenoxy) is 1. The zero-order chi connectivity index (χ0) is 56.1. The number of fused-ring (bicyclic) bond motifs is 1. The molecule has 3 atom stereocenters. The molecule has 0 saturated carbocycles. The van der Waals surface area contributed by atoms with Crippen molar-refractivity contribution in [2.24, 2.45) is 5.16 Å². The number of oxime groups is 1. The third-order valence-corrected chi connectivity index (χ3v) is 16.6. The number of β-lactam (4-membered cyclic amide) rings is 1. The van der Waals surface area contributed by atoms with Crippen molar-refractivity contribution in [3.63, 3.8) is 0 Å². The third-order valence-electron chi connectivity index (χ3n) is 15.4. The van der Waals surface area contributed by atoms with Crippen LogP contribution in [0.3, 0.4) is 0 Å². The van der Waals surface area contributed by atoms with Crippen molar-refractivity contribution in [2.75, 3.05) is 31.6 Å². The maximum absolute atomic E-state index is 15.4. The van der Waals surface area contributed by atoms with E-state index >= 15 is 4.79 Å². The number of nitrogens with zero attached hydrogens (tertiary/aromatic N) is 5. The molecule has 3 fully saturated rings. The quantitative estimate of drug-likeness (QED) is 0.0187. The van der Waals surface area contributed by atoms with Crippen molar-refractivity contribution in [2.45, 2.75) is 54.9 Å². The van der Waals surface area contributed by atoms with Gasteiger partial charge in [-0.15, -0.1) is 0 Å². The molecule has 11 rings (SSSR count). The maximum Gasteiger partial charge on any atom is 0.410 e. The van der Waals surface area contributed by atoms with E-state index in [0.29, 0.717) is 65.4 Å². The van der Waals surface area contributed by atoms with E-state index in [0.717, 1.165) is 28.0 Å². The van der Waals surface area contributed by atoms with Crippen LogP contribution in [0.15, 0.2) is 223 Å². The molecule has 6 aromatic carbocycles. The molecule has 0 spiro atoms. The van der Waals surface area contributed by atoms with Gasteiger partial charge in [0.2, 0.25) is 11.5 Å². The molecular weight excluding hydrogens is 1060 g/mol. The number of benzene rings is 6. The normalized spacial score (nSPS) is 18.8. The summed E-state index contributed by atoms with van der Waals surface area (Å²) in [5, 5.41) is 22.5. The van der Waals surface area contributed by atoms with Crippen molar-refractivity contribution < 1.29 is 38.7 Å². The van der Waals surface area contributed by atoms with E-state index in [1.165, 1.54) is 11.0 Å².